The standard InChI is InChI=1S/C25H23ClN2O4/c1-15-7-6-10-20-21(15)25(32)28(24(20)31)27(23(30)18-11-13-19(26)14-12-18)16(2)22(29)17-8-4-3-5-9-17/h3-9,11-16,20-21H,10H2,1-2H3/t15-,16+,20+,21+/m1/s1. The summed E-state index contributed by atoms with van der Waals surface area (Å²) in [5.74, 6) is -3.11. The number of nitrogens with zero attached hydrogens (tertiary/aromatic N) is 2. The van der Waals surface area contributed by atoms with Gasteiger partial charge in [0.05, 0.1) is 11.8 Å². The van der Waals surface area contributed by atoms with Gasteiger partial charge < -0.3 is 0 Å². The van der Waals surface area contributed by atoms with E-state index >= 15 is 0 Å². The molecule has 3 amide bonds. The molecule has 7 heteroatoms. The third-order valence-electron chi connectivity index (χ3n) is 6.17. The van der Waals surface area contributed by atoms with Crippen LogP contribution in [-0.2, 0) is 9.59 Å². The van der Waals surface area contributed by atoms with Gasteiger partial charge in [-0.25, -0.2) is 5.01 Å². The Labute approximate surface area is 191 Å². The fraction of sp³-hybridized carbons (Fsp3) is 0.280. The summed E-state index contributed by atoms with van der Waals surface area (Å²) in [6.45, 7) is 3.42. The highest BCUT2D eigenvalue weighted by atomic mass is 35.5. The van der Waals surface area contributed by atoms with Crippen molar-refractivity contribution in [3.63, 3.8) is 0 Å². The van der Waals surface area contributed by atoms with Gasteiger partial charge in [-0.05, 0) is 43.5 Å². The zero-order chi connectivity index (χ0) is 23.0. The van der Waals surface area contributed by atoms with E-state index < -0.39 is 35.6 Å². The number of hydrogen-bond acceptors (Lipinski definition) is 4. The van der Waals surface area contributed by atoms with E-state index in [2.05, 4.69) is 0 Å². The van der Waals surface area contributed by atoms with Crippen molar-refractivity contribution in [3.05, 3.63) is 82.9 Å². The number of hydrazine groups is 1. The van der Waals surface area contributed by atoms with Crippen LogP contribution in [0.2, 0.25) is 5.02 Å². The third-order valence-corrected chi connectivity index (χ3v) is 6.42. The highest BCUT2D eigenvalue weighted by molar-refractivity contribution is 6.30. The lowest BCUT2D eigenvalue weighted by atomic mass is 9.78. The van der Waals surface area contributed by atoms with Crippen molar-refractivity contribution < 1.29 is 19.2 Å². The summed E-state index contributed by atoms with van der Waals surface area (Å²) >= 11 is 5.96. The molecule has 0 spiro atoms. The summed E-state index contributed by atoms with van der Waals surface area (Å²) in [4.78, 5) is 53.6. The lowest BCUT2D eigenvalue weighted by Crippen LogP contribution is -2.56. The van der Waals surface area contributed by atoms with Crippen LogP contribution in [-0.4, -0.2) is 39.6 Å². The normalized spacial score (nSPS) is 23.1. The Morgan fingerprint density at radius 3 is 2.28 bits per heavy atom. The molecular formula is C25H23ClN2O4. The number of carbonyl (C=O) groups is 4. The number of imide groups is 1. The Balaban J connectivity index is 1.76. The average molecular weight is 451 g/mol. The second-order valence-corrected chi connectivity index (χ2v) is 8.64. The fourth-order valence-corrected chi connectivity index (χ4v) is 4.59. The Morgan fingerprint density at radius 2 is 1.66 bits per heavy atom. The van der Waals surface area contributed by atoms with Crippen molar-refractivity contribution in [1.82, 2.24) is 10.0 Å². The molecule has 0 bridgehead atoms. The van der Waals surface area contributed by atoms with Crippen molar-refractivity contribution >= 4 is 35.1 Å². The van der Waals surface area contributed by atoms with Crippen molar-refractivity contribution in [1.29, 1.82) is 0 Å². The lowest BCUT2D eigenvalue weighted by molar-refractivity contribution is -0.156. The van der Waals surface area contributed by atoms with Gasteiger partial charge >= 0.3 is 0 Å². The van der Waals surface area contributed by atoms with E-state index in [1.54, 1.807) is 42.5 Å². The van der Waals surface area contributed by atoms with Crippen LogP contribution in [0.1, 0.15) is 41.0 Å². The molecular weight excluding hydrogens is 428 g/mol. The van der Waals surface area contributed by atoms with Gasteiger partial charge in [0.2, 0.25) is 0 Å². The Morgan fingerprint density at radius 1 is 1.00 bits per heavy atom. The van der Waals surface area contributed by atoms with Gasteiger partial charge in [-0.15, -0.1) is 0 Å². The zero-order valence-corrected chi connectivity index (χ0v) is 18.5. The fourth-order valence-electron chi connectivity index (χ4n) is 4.46. The summed E-state index contributed by atoms with van der Waals surface area (Å²) in [6.07, 6.45) is 4.24. The molecule has 0 aromatic heterocycles. The average Bonchev–Trinajstić information content (AvgIpc) is 3.05. The molecule has 0 unspecified atom stereocenters. The largest absolute Gasteiger partial charge is 0.292 e. The molecule has 32 heavy (non-hydrogen) atoms. The van der Waals surface area contributed by atoms with Gasteiger partial charge in [0.25, 0.3) is 17.7 Å². The van der Waals surface area contributed by atoms with E-state index in [-0.39, 0.29) is 17.3 Å². The maximum atomic E-state index is 13.6. The minimum absolute atomic E-state index is 0.136. The number of fused-ring (bicyclic) bond motifs is 1. The van der Waals surface area contributed by atoms with Gasteiger partial charge in [0, 0.05) is 16.1 Å². The van der Waals surface area contributed by atoms with Crippen LogP contribution >= 0.6 is 11.6 Å². The number of halogens is 1. The Bertz CT molecular complexity index is 1100. The van der Waals surface area contributed by atoms with Gasteiger partial charge in [-0.3, -0.25) is 19.2 Å². The molecule has 1 aliphatic carbocycles. The number of benzene rings is 2. The highest BCUT2D eigenvalue weighted by Gasteiger charge is 2.54. The number of ketones is 1. The molecule has 0 saturated carbocycles. The first-order valence-corrected chi connectivity index (χ1v) is 10.9. The molecule has 164 valence electrons. The van der Waals surface area contributed by atoms with Crippen molar-refractivity contribution in [2.24, 2.45) is 17.8 Å². The number of carbonyl (C=O) groups excluding carboxylic acids is 4. The minimum Gasteiger partial charge on any atom is -0.292 e. The molecule has 1 heterocycles. The predicted molar refractivity (Wildman–Crippen MR) is 120 cm³/mol. The quantitative estimate of drug-likeness (QED) is 0.389. The first-order chi connectivity index (χ1) is 15.3. The summed E-state index contributed by atoms with van der Waals surface area (Å²) in [6, 6.07) is 13.6. The van der Waals surface area contributed by atoms with E-state index in [1.165, 1.54) is 19.1 Å². The van der Waals surface area contributed by atoms with Crippen LogP contribution in [0.25, 0.3) is 0 Å². The molecule has 2 aromatic rings. The van der Waals surface area contributed by atoms with Gasteiger partial charge in [-0.2, -0.15) is 5.01 Å². The first kappa shape index (κ1) is 22.0. The highest BCUT2D eigenvalue weighted by Crippen LogP contribution is 2.40. The molecule has 0 radical (unpaired) electrons. The molecule has 6 nitrogen and oxygen atoms in total. The zero-order valence-electron chi connectivity index (χ0n) is 17.8. The van der Waals surface area contributed by atoms with Crippen molar-refractivity contribution in [2.45, 2.75) is 26.3 Å². The van der Waals surface area contributed by atoms with Gasteiger partial charge in [0.15, 0.2) is 5.78 Å². The van der Waals surface area contributed by atoms with E-state index in [0.717, 1.165) is 10.0 Å². The number of Topliss-reactive ketones (excluding diaryl/α,β-unsaturated/α-hetero) is 1. The van der Waals surface area contributed by atoms with Crippen LogP contribution in [0, 0.1) is 17.8 Å². The van der Waals surface area contributed by atoms with Crippen LogP contribution < -0.4 is 0 Å². The third kappa shape index (κ3) is 3.75. The number of hydrogen-bond donors (Lipinski definition) is 0. The topological polar surface area (TPSA) is 74.8 Å². The van der Waals surface area contributed by atoms with Crippen LogP contribution in [0.3, 0.4) is 0 Å². The molecule has 1 saturated heterocycles. The van der Waals surface area contributed by atoms with Crippen molar-refractivity contribution in [3.8, 4) is 0 Å². The first-order valence-electron chi connectivity index (χ1n) is 10.5. The molecule has 1 aliphatic heterocycles. The number of rotatable bonds is 5. The maximum absolute atomic E-state index is 13.6. The smallest absolute Gasteiger partial charge is 0.273 e. The predicted octanol–water partition coefficient (Wildman–Crippen LogP) is 4.17. The number of amides is 3. The molecule has 2 aromatic carbocycles. The van der Waals surface area contributed by atoms with Gasteiger partial charge in [0.1, 0.15) is 6.04 Å². The summed E-state index contributed by atoms with van der Waals surface area (Å²) in [7, 11) is 0. The Kier molecular flexibility index (Phi) is 5.98. The number of allylic oxidation sites excluding steroid dienone is 2. The second kappa shape index (κ2) is 8.71. The van der Waals surface area contributed by atoms with Crippen LogP contribution in [0.4, 0.5) is 0 Å². The second-order valence-electron chi connectivity index (χ2n) is 8.21. The molecule has 4 atom stereocenters. The molecule has 4 rings (SSSR count). The lowest BCUT2D eigenvalue weighted by Gasteiger charge is -2.34. The summed E-state index contributed by atoms with van der Waals surface area (Å²) in [5, 5.41) is 2.37. The summed E-state index contributed by atoms with van der Waals surface area (Å²) in [5.41, 5.74) is 0.615. The SMILES string of the molecule is C[C@@H]1C=CC[C@@H]2C(=O)N(N(C(=O)c3ccc(Cl)cc3)[C@@H](C)C(=O)c3ccccc3)C(=O)[C@@H]12. The van der Waals surface area contributed by atoms with E-state index in [1.807, 2.05) is 19.1 Å². The van der Waals surface area contributed by atoms with Crippen molar-refractivity contribution in [2.75, 3.05) is 0 Å². The Hall–Kier alpha value is -3.25. The minimum atomic E-state index is -1.07. The molecule has 2 aliphatic rings. The van der Waals surface area contributed by atoms with E-state index in [9.17, 15) is 19.2 Å². The monoisotopic (exact) mass is 450 g/mol. The molecule has 0 N–H and O–H groups in total. The summed E-state index contributed by atoms with van der Waals surface area (Å²) < 4.78 is 0. The van der Waals surface area contributed by atoms with Gasteiger partial charge in [-0.1, -0.05) is 61.0 Å². The van der Waals surface area contributed by atoms with E-state index in [4.69, 9.17) is 11.6 Å². The molecule has 1 fully saturated rings. The van der Waals surface area contributed by atoms with Crippen LogP contribution in [0.15, 0.2) is 66.7 Å². The van der Waals surface area contributed by atoms with Crippen LogP contribution in [0.5, 0.6) is 0 Å². The maximum Gasteiger partial charge on any atom is 0.273 e. The van der Waals surface area contributed by atoms with E-state index in [0.29, 0.717) is 17.0 Å².